The molecule has 0 aliphatic heterocycles. The first kappa shape index (κ1) is 7.22. The van der Waals surface area contributed by atoms with Crippen molar-refractivity contribution in [3.63, 3.8) is 0 Å². The average molecular weight is 156 g/mol. The molecule has 0 amide bonds. The zero-order chi connectivity index (χ0) is 7.98. The first-order valence-electron chi connectivity index (χ1n) is 3.05. The molecule has 56 valence electrons. The Kier molecular flexibility index (Phi) is 3.96. The van der Waals surface area contributed by atoms with E-state index in [4.69, 9.17) is 6.32 Å². The molecule has 2 N–H and O–H groups in total. The summed E-state index contributed by atoms with van der Waals surface area (Å²) in [5, 5.41) is 3.99. The lowest BCUT2D eigenvalue weighted by Crippen LogP contribution is -2.04. The van der Waals surface area contributed by atoms with Gasteiger partial charge in [0.15, 0.2) is 0 Å². The highest BCUT2D eigenvalue weighted by Crippen LogP contribution is 2.18. The molecule has 0 aliphatic rings. The molecule has 0 heterocycles. The van der Waals surface area contributed by atoms with E-state index in [2.05, 4.69) is 9.63 Å². The van der Waals surface area contributed by atoms with Crippen LogP contribution >= 0.6 is 8.25 Å². The van der Waals surface area contributed by atoms with Crippen molar-refractivity contribution >= 4 is 8.25 Å². The van der Waals surface area contributed by atoms with Crippen LogP contribution in [0.4, 0.5) is 0 Å². The van der Waals surface area contributed by atoms with Crippen LogP contribution in [0, 0.1) is 0 Å². The molecule has 0 saturated carbocycles. The fourth-order valence-electron chi connectivity index (χ4n) is 0.397. The van der Waals surface area contributed by atoms with Crippen molar-refractivity contribution in [2.45, 2.75) is 19.4 Å². The van der Waals surface area contributed by atoms with Crippen LogP contribution in [0.2, 0.25) is 0 Å². The first-order chi connectivity index (χ1) is 4.66. The van der Waals surface area contributed by atoms with E-state index in [1.165, 1.54) is 0 Å². The minimum atomic E-state index is -2.83. The highest BCUT2D eigenvalue weighted by atomic mass is 31.1. The molecule has 4 nitrogen and oxygen atoms in total. The van der Waals surface area contributed by atoms with E-state index in [0.29, 0.717) is 6.42 Å². The van der Waals surface area contributed by atoms with Gasteiger partial charge in [-0.2, -0.15) is 0 Å². The molecule has 2 atom stereocenters. The predicted octanol–water partition coefficient (Wildman–Crippen LogP) is 0.156. The summed E-state index contributed by atoms with van der Waals surface area (Å²) in [4.78, 5) is 8.26. The summed E-state index contributed by atoms with van der Waals surface area (Å²) < 4.78 is 20.8. The highest BCUT2D eigenvalue weighted by Gasteiger charge is 2.02. The van der Waals surface area contributed by atoms with Crippen molar-refractivity contribution in [2.24, 2.45) is 0 Å². The molecule has 0 saturated heterocycles. The lowest BCUT2D eigenvalue weighted by Gasteiger charge is -2.06. The number of aliphatic hydroxyl groups excluding tert-OH is 1. The highest BCUT2D eigenvalue weighted by molar-refractivity contribution is 7.32. The fraction of sp³-hybridized carbons (Fsp3) is 1.00. The zero-order valence-electron chi connectivity index (χ0n) is 6.16. The largest absolute Gasteiger partial charge is 0.396 e. The maximum Gasteiger partial charge on any atom is 0.316 e. The van der Waals surface area contributed by atoms with Gasteiger partial charge in [0.1, 0.15) is 0 Å². The van der Waals surface area contributed by atoms with Crippen molar-refractivity contribution < 1.29 is 19.1 Å². The molecular formula is C4H11O4P. The van der Waals surface area contributed by atoms with Gasteiger partial charge >= 0.3 is 8.25 Å². The molecule has 0 bridgehead atoms. The maximum absolute atomic E-state index is 10.0. The van der Waals surface area contributed by atoms with E-state index >= 15 is 0 Å². The predicted molar refractivity (Wildman–Crippen MR) is 33.5 cm³/mol. The van der Waals surface area contributed by atoms with Gasteiger partial charge in [0, 0.05) is 6.61 Å². The Labute approximate surface area is 55.9 Å². The van der Waals surface area contributed by atoms with Crippen molar-refractivity contribution in [1.82, 2.24) is 0 Å². The molecule has 0 aliphatic carbocycles. The second-order valence-corrected chi connectivity index (χ2v) is 2.45. The molecular weight excluding hydrogens is 143 g/mol. The van der Waals surface area contributed by atoms with Crippen molar-refractivity contribution in [1.29, 1.82) is 1.43 Å². The van der Waals surface area contributed by atoms with Gasteiger partial charge in [-0.1, -0.05) is 0 Å². The van der Waals surface area contributed by atoms with Crippen molar-refractivity contribution in [2.75, 3.05) is 6.61 Å². The summed E-state index contributed by atoms with van der Waals surface area (Å²) in [6.45, 7) is 1.87. The van der Waals surface area contributed by atoms with Gasteiger partial charge in [-0.05, 0) is 13.3 Å². The molecule has 0 rings (SSSR count). The van der Waals surface area contributed by atoms with Crippen LogP contribution in [0.3, 0.4) is 0 Å². The second-order valence-electron chi connectivity index (χ2n) is 1.69. The van der Waals surface area contributed by atoms with Gasteiger partial charge in [0.2, 0.25) is 1.43 Å². The van der Waals surface area contributed by atoms with Gasteiger partial charge in [-0.25, -0.2) is 0 Å². The molecule has 0 aromatic heterocycles. The average Bonchev–Trinajstić information content (AvgIpc) is 1.82. The van der Waals surface area contributed by atoms with Crippen LogP contribution in [-0.2, 0) is 9.09 Å². The van der Waals surface area contributed by atoms with Crippen LogP contribution in [0.25, 0.3) is 0 Å². The number of hydrogen-bond acceptors (Lipinski definition) is 3. The van der Waals surface area contributed by atoms with Gasteiger partial charge in [-0.15, -0.1) is 0 Å². The van der Waals surface area contributed by atoms with Crippen LogP contribution in [-0.4, -0.2) is 24.1 Å². The lowest BCUT2D eigenvalue weighted by atomic mass is 10.3. The SMILES string of the molecule is [3H]OCCC(C)O[PH](=O)O. The maximum atomic E-state index is 10.0. The smallest absolute Gasteiger partial charge is 0.316 e. The second kappa shape index (κ2) is 4.94. The van der Waals surface area contributed by atoms with Gasteiger partial charge in [-0.3, -0.25) is 4.57 Å². The Balaban J connectivity index is 3.25. The number of rotatable bonds is 5. The summed E-state index contributed by atoms with van der Waals surface area (Å²) >= 11 is 0. The standard InChI is InChI=1S/C4H11O4P/c1-4(2-3-5)8-9(6)7/h4-5,9H,2-3H2,1H3,(H,6,7)/i5T. The van der Waals surface area contributed by atoms with Crippen molar-refractivity contribution in [3.05, 3.63) is 0 Å². The normalized spacial score (nSPS) is 18.7. The van der Waals surface area contributed by atoms with Gasteiger partial charge in [0.05, 0.1) is 6.10 Å². The summed E-state index contributed by atoms with van der Waals surface area (Å²) in [5.41, 5.74) is 0. The summed E-state index contributed by atoms with van der Waals surface area (Å²) in [7, 11) is -2.83. The van der Waals surface area contributed by atoms with E-state index in [0.717, 1.165) is 0 Å². The summed E-state index contributed by atoms with van der Waals surface area (Å²) in [6.07, 6.45) is 0.141. The van der Waals surface area contributed by atoms with E-state index in [-0.39, 0.29) is 12.7 Å². The quantitative estimate of drug-likeness (QED) is 0.556. The summed E-state index contributed by atoms with van der Waals surface area (Å²) in [6, 6.07) is 0. The molecule has 9 heavy (non-hydrogen) atoms. The third kappa shape index (κ3) is 5.99. The topological polar surface area (TPSA) is 66.8 Å². The van der Waals surface area contributed by atoms with Crippen molar-refractivity contribution in [3.8, 4) is 0 Å². The monoisotopic (exact) mass is 156 g/mol. The number of aliphatic hydroxyl groups is 1. The van der Waals surface area contributed by atoms with E-state index in [9.17, 15) is 4.57 Å². The van der Waals surface area contributed by atoms with E-state index in [1.54, 1.807) is 6.92 Å². The van der Waals surface area contributed by atoms with Crippen LogP contribution in [0.1, 0.15) is 13.3 Å². The Morgan fingerprint density at radius 3 is 3.11 bits per heavy atom. The minimum Gasteiger partial charge on any atom is -0.396 e. The fourth-order valence-corrected chi connectivity index (χ4v) is 0.859. The Bertz CT molecular complexity index is 109. The zero-order valence-corrected chi connectivity index (χ0v) is 6.16. The molecule has 5 heteroatoms. The van der Waals surface area contributed by atoms with E-state index in [1.807, 2.05) is 0 Å². The Morgan fingerprint density at radius 2 is 2.67 bits per heavy atom. The van der Waals surface area contributed by atoms with Crippen LogP contribution in [0.5, 0.6) is 0 Å². The third-order valence-electron chi connectivity index (χ3n) is 0.826. The lowest BCUT2D eigenvalue weighted by molar-refractivity contribution is 0.161. The minimum absolute atomic E-state index is 0.219. The Hall–Kier alpha value is 0.110. The third-order valence-corrected chi connectivity index (χ3v) is 1.43. The molecule has 0 fully saturated rings. The van der Waals surface area contributed by atoms with Crippen LogP contribution in [0.15, 0.2) is 0 Å². The molecule has 0 aromatic rings. The molecule has 2 unspecified atom stereocenters. The molecule has 0 aromatic carbocycles. The van der Waals surface area contributed by atoms with Gasteiger partial charge in [0.25, 0.3) is 0 Å². The Morgan fingerprint density at radius 1 is 2.00 bits per heavy atom. The number of hydrogen-bond donors (Lipinski definition) is 2. The molecule has 0 radical (unpaired) electrons. The summed E-state index contributed by atoms with van der Waals surface area (Å²) in [5.74, 6) is 0. The first-order valence-corrected chi connectivity index (χ1v) is 3.91. The van der Waals surface area contributed by atoms with Gasteiger partial charge < -0.3 is 14.5 Å². The molecule has 0 spiro atoms. The van der Waals surface area contributed by atoms with E-state index < -0.39 is 8.25 Å². The van der Waals surface area contributed by atoms with Crippen LogP contribution < -0.4 is 0 Å².